The van der Waals surface area contributed by atoms with Gasteiger partial charge in [0.2, 0.25) is 0 Å². The summed E-state index contributed by atoms with van der Waals surface area (Å²) in [6.07, 6.45) is -0.531. The van der Waals surface area contributed by atoms with Crippen LogP contribution in [0.3, 0.4) is 0 Å². The Morgan fingerprint density at radius 3 is 2.62 bits per heavy atom. The van der Waals surface area contributed by atoms with Crippen molar-refractivity contribution in [3.63, 3.8) is 0 Å². The molecule has 0 saturated heterocycles. The molecular weight excluding hydrogens is 307 g/mol. The summed E-state index contributed by atoms with van der Waals surface area (Å²) < 4.78 is 17.2. The average molecular weight is 319 g/mol. The van der Waals surface area contributed by atoms with E-state index in [0.717, 1.165) is 19.2 Å². The van der Waals surface area contributed by atoms with Crippen LogP contribution in [0.1, 0.15) is 6.42 Å². The number of benzene rings is 1. The zero-order valence-corrected chi connectivity index (χ0v) is 11.6. The molecule has 0 aliphatic carbocycles. The minimum atomic E-state index is -1.46. The normalized spacial score (nSPS) is 11.4. The van der Waals surface area contributed by atoms with Gasteiger partial charge in [0.05, 0.1) is 24.2 Å². The van der Waals surface area contributed by atoms with Crippen LogP contribution in [0.5, 0.6) is 0 Å². The first-order valence-corrected chi connectivity index (χ1v) is 6.03. The Balaban J connectivity index is 2.69. The molecule has 1 atom stereocenters. The smallest absolute Gasteiger partial charge is 0.326 e. The fourth-order valence-electron chi connectivity index (χ4n) is 1.36. The number of nitrogens with one attached hydrogen (secondary N) is 2. The molecule has 0 heterocycles. The third kappa shape index (κ3) is 5.27. The molecule has 0 aromatic heterocycles. The maximum atomic E-state index is 12.8. The molecule has 1 aromatic rings. The molecule has 7 nitrogen and oxygen atoms in total. The van der Waals surface area contributed by atoms with Gasteiger partial charge in [-0.15, -0.1) is 0 Å². The molecular formula is C12H12ClFN2O5. The average Bonchev–Trinajstić information content (AvgIpc) is 2.40. The summed E-state index contributed by atoms with van der Waals surface area (Å²) in [5.74, 6) is -2.77. The lowest BCUT2D eigenvalue weighted by atomic mass is 10.2. The summed E-state index contributed by atoms with van der Waals surface area (Å²) in [4.78, 5) is 33.6. The van der Waals surface area contributed by atoms with Crippen LogP contribution in [-0.4, -0.2) is 36.2 Å². The number of amides is 2. The molecule has 21 heavy (non-hydrogen) atoms. The molecule has 0 fully saturated rings. The van der Waals surface area contributed by atoms with Crippen LogP contribution >= 0.6 is 11.6 Å². The molecule has 1 aromatic carbocycles. The molecule has 0 bridgehead atoms. The van der Waals surface area contributed by atoms with Crippen molar-refractivity contribution in [3.8, 4) is 0 Å². The van der Waals surface area contributed by atoms with Crippen molar-refractivity contribution in [1.82, 2.24) is 5.32 Å². The van der Waals surface area contributed by atoms with Crippen LogP contribution in [-0.2, 0) is 14.3 Å². The van der Waals surface area contributed by atoms with E-state index in [0.29, 0.717) is 0 Å². The molecule has 2 amide bonds. The first-order valence-electron chi connectivity index (χ1n) is 5.65. The highest BCUT2D eigenvalue weighted by molar-refractivity contribution is 6.33. The fourth-order valence-corrected chi connectivity index (χ4v) is 1.57. The number of hydrogen-bond donors (Lipinski definition) is 3. The Kier molecular flexibility index (Phi) is 5.92. The van der Waals surface area contributed by atoms with Gasteiger partial charge in [0.15, 0.2) is 0 Å². The van der Waals surface area contributed by atoms with Crippen molar-refractivity contribution in [2.75, 3.05) is 12.4 Å². The number of rotatable bonds is 5. The van der Waals surface area contributed by atoms with Crippen molar-refractivity contribution in [2.24, 2.45) is 0 Å². The maximum Gasteiger partial charge on any atom is 0.326 e. The summed E-state index contributed by atoms with van der Waals surface area (Å²) >= 11 is 5.71. The maximum absolute atomic E-state index is 12.8. The van der Waals surface area contributed by atoms with Crippen molar-refractivity contribution >= 4 is 35.3 Å². The number of carbonyl (C=O) groups excluding carboxylic acids is 2. The molecule has 0 aliphatic rings. The first kappa shape index (κ1) is 16.7. The van der Waals surface area contributed by atoms with Gasteiger partial charge in [-0.1, -0.05) is 11.6 Å². The molecule has 114 valence electrons. The number of carbonyl (C=O) groups is 3. The second kappa shape index (κ2) is 7.44. The minimum absolute atomic E-state index is 0.0509. The van der Waals surface area contributed by atoms with Gasteiger partial charge < -0.3 is 20.5 Å². The number of aliphatic carboxylic acids is 1. The monoisotopic (exact) mass is 318 g/mol. The predicted octanol–water partition coefficient (Wildman–Crippen LogP) is 1.62. The van der Waals surface area contributed by atoms with E-state index < -0.39 is 36.2 Å². The number of urea groups is 1. The number of anilines is 1. The summed E-state index contributed by atoms with van der Waals surface area (Å²) in [5, 5.41) is 13.2. The van der Waals surface area contributed by atoms with Crippen molar-refractivity contribution in [3.05, 3.63) is 29.0 Å². The number of hydrogen-bond acceptors (Lipinski definition) is 4. The highest BCUT2D eigenvalue weighted by Crippen LogP contribution is 2.22. The van der Waals surface area contributed by atoms with Crippen LogP contribution < -0.4 is 10.6 Å². The van der Waals surface area contributed by atoms with E-state index in [2.05, 4.69) is 15.4 Å². The van der Waals surface area contributed by atoms with E-state index in [9.17, 15) is 18.8 Å². The predicted molar refractivity (Wildman–Crippen MR) is 71.6 cm³/mol. The van der Waals surface area contributed by atoms with Gasteiger partial charge >= 0.3 is 18.0 Å². The van der Waals surface area contributed by atoms with Crippen LogP contribution in [0, 0.1) is 5.82 Å². The van der Waals surface area contributed by atoms with Gasteiger partial charge in [-0.05, 0) is 18.2 Å². The topological polar surface area (TPSA) is 105 Å². The van der Waals surface area contributed by atoms with E-state index in [1.54, 1.807) is 0 Å². The van der Waals surface area contributed by atoms with E-state index >= 15 is 0 Å². The number of methoxy groups -OCH3 is 1. The lowest BCUT2D eigenvalue weighted by Crippen LogP contribution is -2.44. The zero-order valence-electron chi connectivity index (χ0n) is 10.9. The standard InChI is InChI=1S/C12H12ClFN2O5/c1-21-10(17)5-9(11(18)19)16-12(20)15-8-3-2-6(14)4-7(8)13/h2-4,9H,5H2,1H3,(H,18,19)(H2,15,16,20)/t9-/m0/s1. The van der Waals surface area contributed by atoms with Gasteiger partial charge in [0, 0.05) is 0 Å². The van der Waals surface area contributed by atoms with Crippen molar-refractivity contribution < 1.29 is 28.6 Å². The van der Waals surface area contributed by atoms with Crippen LogP contribution in [0.25, 0.3) is 0 Å². The fraction of sp³-hybridized carbons (Fsp3) is 0.250. The van der Waals surface area contributed by atoms with Crippen molar-refractivity contribution in [2.45, 2.75) is 12.5 Å². The molecule has 1 rings (SSSR count). The number of esters is 1. The van der Waals surface area contributed by atoms with E-state index in [1.165, 1.54) is 6.07 Å². The summed E-state index contributed by atoms with van der Waals surface area (Å²) in [5.41, 5.74) is 0.0952. The van der Waals surface area contributed by atoms with Gasteiger partial charge in [-0.25, -0.2) is 14.0 Å². The highest BCUT2D eigenvalue weighted by Gasteiger charge is 2.24. The highest BCUT2D eigenvalue weighted by atomic mass is 35.5. The number of ether oxygens (including phenoxy) is 1. The Morgan fingerprint density at radius 1 is 1.43 bits per heavy atom. The Morgan fingerprint density at radius 2 is 2.10 bits per heavy atom. The SMILES string of the molecule is COC(=O)C[C@H](NC(=O)Nc1ccc(F)cc1Cl)C(=O)O. The van der Waals surface area contributed by atoms with Gasteiger partial charge in [0.25, 0.3) is 0 Å². The Hall–Kier alpha value is -2.35. The third-order valence-corrected chi connectivity index (χ3v) is 2.69. The molecule has 0 aliphatic heterocycles. The second-order valence-electron chi connectivity index (χ2n) is 3.89. The van der Waals surface area contributed by atoms with Crippen molar-refractivity contribution in [1.29, 1.82) is 0 Å². The molecule has 9 heteroatoms. The summed E-state index contributed by atoms with van der Waals surface area (Å²) in [6, 6.07) is 0.912. The molecule has 0 saturated carbocycles. The second-order valence-corrected chi connectivity index (χ2v) is 4.30. The van der Waals surface area contributed by atoms with Crippen LogP contribution in [0.15, 0.2) is 18.2 Å². The largest absolute Gasteiger partial charge is 0.480 e. The lowest BCUT2D eigenvalue weighted by molar-refractivity contribution is -0.147. The van der Waals surface area contributed by atoms with E-state index in [-0.39, 0.29) is 10.7 Å². The van der Waals surface area contributed by atoms with Crippen LogP contribution in [0.2, 0.25) is 5.02 Å². The molecule has 3 N–H and O–H groups in total. The zero-order chi connectivity index (χ0) is 16.0. The van der Waals surface area contributed by atoms with Crippen LogP contribution in [0.4, 0.5) is 14.9 Å². The quantitative estimate of drug-likeness (QED) is 0.715. The number of carboxylic acids is 1. The Bertz CT molecular complexity index is 567. The van der Waals surface area contributed by atoms with Gasteiger partial charge in [-0.3, -0.25) is 4.79 Å². The molecule has 0 unspecified atom stereocenters. The Labute approximate surface area is 124 Å². The van der Waals surface area contributed by atoms with E-state index in [1.807, 2.05) is 0 Å². The summed E-state index contributed by atoms with van der Waals surface area (Å²) in [7, 11) is 1.10. The van der Waals surface area contributed by atoms with E-state index in [4.69, 9.17) is 16.7 Å². The minimum Gasteiger partial charge on any atom is -0.480 e. The van der Waals surface area contributed by atoms with Gasteiger partial charge in [-0.2, -0.15) is 0 Å². The number of halogens is 2. The molecule has 0 radical (unpaired) electrons. The van der Waals surface area contributed by atoms with Gasteiger partial charge in [0.1, 0.15) is 11.9 Å². The number of carboxylic acid groups (broad SMARTS) is 1. The molecule has 0 spiro atoms. The first-order chi connectivity index (χ1) is 9.83. The third-order valence-electron chi connectivity index (χ3n) is 2.38. The summed E-state index contributed by atoms with van der Waals surface area (Å²) in [6.45, 7) is 0. The lowest BCUT2D eigenvalue weighted by Gasteiger charge is -2.14.